The smallest absolute Gasteiger partial charge is 0.344 e. The zero-order chi connectivity index (χ0) is 20.7. The second-order valence-electron chi connectivity index (χ2n) is 5.55. The Hall–Kier alpha value is -3.00. The fourth-order valence-corrected chi connectivity index (χ4v) is 2.71. The fraction of sp³-hybridized carbons (Fsp3) is 0.316. The Balaban J connectivity index is 2.29. The number of nitrogens with zero attached hydrogens (tertiary/aromatic N) is 1. The summed E-state index contributed by atoms with van der Waals surface area (Å²) in [6.07, 6.45) is 2.94. The van der Waals surface area contributed by atoms with E-state index in [0.29, 0.717) is 17.9 Å². The normalized spacial score (nSPS) is 14.8. The molecule has 2 rings (SSSR count). The minimum atomic E-state index is -0.534. The molecule has 8 nitrogen and oxygen atoms in total. The molecule has 1 saturated heterocycles. The van der Waals surface area contributed by atoms with Crippen molar-refractivity contribution in [2.75, 3.05) is 26.4 Å². The van der Waals surface area contributed by atoms with Crippen molar-refractivity contribution < 1.29 is 28.6 Å². The number of ether oxygens (including phenoxy) is 3. The van der Waals surface area contributed by atoms with Gasteiger partial charge in [0, 0.05) is 6.54 Å². The number of halogens is 1. The third-order valence-corrected chi connectivity index (χ3v) is 3.84. The highest BCUT2D eigenvalue weighted by atomic mass is 35.5. The van der Waals surface area contributed by atoms with Crippen molar-refractivity contribution in [3.05, 3.63) is 41.1 Å². The lowest BCUT2D eigenvalue weighted by Crippen LogP contribution is -2.30. The Bertz CT molecular complexity index is 821. The molecule has 150 valence electrons. The number of carbonyl (C=O) groups is 3. The highest BCUT2D eigenvalue weighted by Crippen LogP contribution is 2.37. The van der Waals surface area contributed by atoms with Gasteiger partial charge >= 0.3 is 12.0 Å². The van der Waals surface area contributed by atoms with E-state index in [1.54, 1.807) is 19.9 Å². The molecule has 0 aromatic heterocycles. The molecule has 1 aliphatic heterocycles. The van der Waals surface area contributed by atoms with Crippen molar-refractivity contribution in [3.63, 3.8) is 0 Å². The van der Waals surface area contributed by atoms with Crippen LogP contribution in [0.1, 0.15) is 19.4 Å². The SMILES string of the molecule is C=CCN1C(=O)N/C(=C/c2cc(Cl)c(OCC(=O)OCC)c(OCC)c2)C1=O. The van der Waals surface area contributed by atoms with Crippen LogP contribution in [0.15, 0.2) is 30.5 Å². The monoisotopic (exact) mass is 408 g/mol. The topological polar surface area (TPSA) is 94.2 Å². The first-order valence-corrected chi connectivity index (χ1v) is 8.99. The van der Waals surface area contributed by atoms with Gasteiger partial charge < -0.3 is 19.5 Å². The summed E-state index contributed by atoms with van der Waals surface area (Å²) in [6.45, 7) is 7.35. The largest absolute Gasteiger partial charge is 0.490 e. The number of rotatable bonds is 9. The summed E-state index contributed by atoms with van der Waals surface area (Å²) in [5.74, 6) is -0.518. The van der Waals surface area contributed by atoms with Crippen LogP contribution in [0.3, 0.4) is 0 Å². The molecule has 0 atom stereocenters. The van der Waals surface area contributed by atoms with Crippen LogP contribution in [0, 0.1) is 0 Å². The second kappa shape index (κ2) is 9.80. The third-order valence-electron chi connectivity index (χ3n) is 3.56. The van der Waals surface area contributed by atoms with Gasteiger partial charge in [0.15, 0.2) is 18.1 Å². The average molecular weight is 409 g/mol. The van der Waals surface area contributed by atoms with Crippen LogP contribution in [-0.2, 0) is 14.3 Å². The first-order chi connectivity index (χ1) is 13.4. The van der Waals surface area contributed by atoms with Crippen molar-refractivity contribution in [2.45, 2.75) is 13.8 Å². The molecule has 3 amide bonds. The van der Waals surface area contributed by atoms with Crippen LogP contribution in [-0.4, -0.2) is 49.2 Å². The van der Waals surface area contributed by atoms with Gasteiger partial charge in [0.1, 0.15) is 5.70 Å². The maximum absolute atomic E-state index is 12.3. The van der Waals surface area contributed by atoms with Gasteiger partial charge in [-0.3, -0.25) is 9.69 Å². The van der Waals surface area contributed by atoms with Crippen molar-refractivity contribution in [1.82, 2.24) is 10.2 Å². The molecule has 1 heterocycles. The minimum absolute atomic E-state index is 0.102. The number of amides is 3. The van der Waals surface area contributed by atoms with Crippen LogP contribution in [0.25, 0.3) is 6.08 Å². The number of imide groups is 1. The predicted molar refractivity (Wildman–Crippen MR) is 103 cm³/mol. The van der Waals surface area contributed by atoms with Crippen LogP contribution in [0.5, 0.6) is 11.5 Å². The number of urea groups is 1. The van der Waals surface area contributed by atoms with Gasteiger partial charge in [-0.25, -0.2) is 9.59 Å². The number of hydrogen-bond acceptors (Lipinski definition) is 6. The summed E-state index contributed by atoms with van der Waals surface area (Å²) in [7, 11) is 0. The molecule has 1 aromatic carbocycles. The van der Waals surface area contributed by atoms with Gasteiger partial charge in [-0.2, -0.15) is 0 Å². The molecule has 1 N–H and O–H groups in total. The summed E-state index contributed by atoms with van der Waals surface area (Å²) in [6, 6.07) is 2.60. The first-order valence-electron chi connectivity index (χ1n) is 8.61. The lowest BCUT2D eigenvalue weighted by molar-refractivity contribution is -0.145. The number of hydrogen-bond donors (Lipinski definition) is 1. The van der Waals surface area contributed by atoms with Gasteiger partial charge in [-0.15, -0.1) is 6.58 Å². The second-order valence-corrected chi connectivity index (χ2v) is 5.96. The molecule has 0 radical (unpaired) electrons. The lowest BCUT2D eigenvalue weighted by atomic mass is 10.1. The molecule has 0 aliphatic carbocycles. The minimum Gasteiger partial charge on any atom is -0.490 e. The van der Waals surface area contributed by atoms with Gasteiger partial charge in [-0.1, -0.05) is 17.7 Å². The van der Waals surface area contributed by atoms with Gasteiger partial charge in [0.25, 0.3) is 5.91 Å². The number of nitrogens with one attached hydrogen (secondary N) is 1. The summed E-state index contributed by atoms with van der Waals surface area (Å²) < 4.78 is 15.8. The molecule has 0 saturated carbocycles. The molecule has 1 fully saturated rings. The summed E-state index contributed by atoms with van der Waals surface area (Å²) >= 11 is 6.28. The van der Waals surface area contributed by atoms with Gasteiger partial charge in [0.2, 0.25) is 0 Å². The number of carbonyl (C=O) groups excluding carboxylic acids is 3. The highest BCUT2D eigenvalue weighted by molar-refractivity contribution is 6.32. The first kappa shape index (κ1) is 21.3. The van der Waals surface area contributed by atoms with Crippen molar-refractivity contribution in [1.29, 1.82) is 0 Å². The van der Waals surface area contributed by atoms with E-state index >= 15 is 0 Å². The summed E-state index contributed by atoms with van der Waals surface area (Å²) in [4.78, 5) is 36.7. The van der Waals surface area contributed by atoms with Crippen molar-refractivity contribution in [2.24, 2.45) is 0 Å². The van der Waals surface area contributed by atoms with E-state index in [1.165, 1.54) is 18.2 Å². The summed E-state index contributed by atoms with van der Waals surface area (Å²) in [5, 5.41) is 2.68. The van der Waals surface area contributed by atoms with Crippen molar-refractivity contribution in [3.8, 4) is 11.5 Å². The Morgan fingerprint density at radius 2 is 2.00 bits per heavy atom. The molecule has 28 heavy (non-hydrogen) atoms. The summed E-state index contributed by atoms with van der Waals surface area (Å²) in [5.41, 5.74) is 0.617. The predicted octanol–water partition coefficient (Wildman–Crippen LogP) is 2.76. The number of esters is 1. The number of benzene rings is 1. The van der Waals surface area contributed by atoms with Crippen LogP contribution >= 0.6 is 11.6 Å². The van der Waals surface area contributed by atoms with E-state index < -0.39 is 17.9 Å². The van der Waals surface area contributed by atoms with E-state index in [-0.39, 0.29) is 36.2 Å². The van der Waals surface area contributed by atoms with E-state index in [4.69, 9.17) is 25.8 Å². The average Bonchev–Trinajstić information content (AvgIpc) is 2.89. The quantitative estimate of drug-likeness (QED) is 0.292. The standard InChI is InChI=1S/C19H21ClN2O6/c1-4-7-22-18(24)14(21-19(22)25)9-12-8-13(20)17(15(10-12)26-5-2)28-11-16(23)27-6-3/h4,8-10H,1,5-7,11H2,2-3H3,(H,21,25)/b14-9+. The molecule has 1 aromatic rings. The third kappa shape index (κ3) is 5.04. The van der Waals surface area contributed by atoms with Crippen LogP contribution in [0.2, 0.25) is 5.02 Å². The highest BCUT2D eigenvalue weighted by Gasteiger charge is 2.32. The molecule has 9 heteroatoms. The molecular weight excluding hydrogens is 388 g/mol. The van der Waals surface area contributed by atoms with Gasteiger partial charge in [-0.05, 0) is 37.6 Å². The van der Waals surface area contributed by atoms with Gasteiger partial charge in [0.05, 0.1) is 18.2 Å². The van der Waals surface area contributed by atoms with Crippen LogP contribution in [0.4, 0.5) is 4.79 Å². The fourth-order valence-electron chi connectivity index (χ4n) is 2.44. The van der Waals surface area contributed by atoms with Crippen LogP contribution < -0.4 is 14.8 Å². The molecule has 0 unspecified atom stereocenters. The maximum atomic E-state index is 12.3. The zero-order valence-corrected chi connectivity index (χ0v) is 16.4. The Morgan fingerprint density at radius 3 is 2.64 bits per heavy atom. The lowest BCUT2D eigenvalue weighted by Gasteiger charge is -2.14. The molecule has 1 aliphatic rings. The Morgan fingerprint density at radius 1 is 1.25 bits per heavy atom. The molecular formula is C19H21ClN2O6. The van der Waals surface area contributed by atoms with E-state index in [0.717, 1.165) is 4.90 Å². The van der Waals surface area contributed by atoms with E-state index in [2.05, 4.69) is 11.9 Å². The Kier molecular flexibility index (Phi) is 7.45. The molecule has 0 spiro atoms. The zero-order valence-electron chi connectivity index (χ0n) is 15.6. The molecule has 0 bridgehead atoms. The maximum Gasteiger partial charge on any atom is 0.344 e. The van der Waals surface area contributed by atoms with E-state index in [9.17, 15) is 14.4 Å². The Labute approximate surface area is 167 Å². The van der Waals surface area contributed by atoms with Crippen molar-refractivity contribution >= 4 is 35.6 Å². The van der Waals surface area contributed by atoms with E-state index in [1.807, 2.05) is 0 Å².